The number of carbonyl (C=O) groups is 1. The van der Waals surface area contributed by atoms with E-state index in [2.05, 4.69) is 23.3 Å². The van der Waals surface area contributed by atoms with Crippen LogP contribution in [0.15, 0.2) is 41.0 Å². The molecule has 5 heteroatoms. The molecule has 0 aliphatic heterocycles. The van der Waals surface area contributed by atoms with Gasteiger partial charge in [-0.05, 0) is 30.2 Å². The summed E-state index contributed by atoms with van der Waals surface area (Å²) >= 11 is 1.47. The Morgan fingerprint density at radius 3 is 3.00 bits per heavy atom. The molecule has 19 heavy (non-hydrogen) atoms. The highest BCUT2D eigenvalue weighted by Crippen LogP contribution is 2.28. The van der Waals surface area contributed by atoms with E-state index in [0.717, 1.165) is 16.6 Å². The molecule has 0 spiro atoms. The molecule has 3 rings (SSSR count). The molecule has 1 N–H and O–H groups in total. The van der Waals surface area contributed by atoms with Crippen molar-refractivity contribution in [3.05, 3.63) is 47.9 Å². The van der Waals surface area contributed by atoms with Crippen LogP contribution >= 0.6 is 11.3 Å². The maximum Gasteiger partial charge on any atom is 0.293 e. The number of hydrogen-bond donors (Lipinski definition) is 1. The van der Waals surface area contributed by atoms with Crippen LogP contribution in [0.4, 0.5) is 5.13 Å². The van der Waals surface area contributed by atoms with Gasteiger partial charge in [-0.1, -0.05) is 30.4 Å². The van der Waals surface area contributed by atoms with E-state index in [0.29, 0.717) is 5.13 Å². The average molecular weight is 272 g/mol. The summed E-state index contributed by atoms with van der Waals surface area (Å²) in [5.74, 6) is 0.0112. The van der Waals surface area contributed by atoms with Gasteiger partial charge in [-0.25, -0.2) is 4.98 Å². The topological polar surface area (TPSA) is 55.1 Å². The van der Waals surface area contributed by atoms with Gasteiger partial charge in [0.15, 0.2) is 10.9 Å². The number of nitrogens with one attached hydrogen (secondary N) is 1. The fourth-order valence-corrected chi connectivity index (χ4v) is 2.82. The second-order valence-corrected chi connectivity index (χ2v) is 5.10. The number of amides is 1. The van der Waals surface area contributed by atoms with Crippen molar-refractivity contribution in [1.82, 2.24) is 4.98 Å². The van der Waals surface area contributed by atoms with Crippen LogP contribution in [0.2, 0.25) is 0 Å². The summed E-state index contributed by atoms with van der Waals surface area (Å²) in [5.41, 5.74) is 2.15. The quantitative estimate of drug-likeness (QED) is 0.790. The molecule has 1 amide bonds. The van der Waals surface area contributed by atoms with E-state index in [1.807, 2.05) is 12.1 Å². The second-order valence-electron chi connectivity index (χ2n) is 4.07. The summed E-state index contributed by atoms with van der Waals surface area (Å²) in [6.45, 7) is 2.09. The Bertz CT molecular complexity index is 716. The van der Waals surface area contributed by atoms with Gasteiger partial charge < -0.3 is 4.42 Å². The predicted molar refractivity (Wildman–Crippen MR) is 75.7 cm³/mol. The lowest BCUT2D eigenvalue weighted by atomic mass is 10.1. The lowest BCUT2D eigenvalue weighted by Crippen LogP contribution is -2.10. The minimum atomic E-state index is -0.276. The van der Waals surface area contributed by atoms with Crippen molar-refractivity contribution in [1.29, 1.82) is 0 Å². The SMILES string of the molecule is CCc1cccc2sc(NC(=O)c3ccco3)nc12. The third-order valence-electron chi connectivity index (χ3n) is 2.85. The Morgan fingerprint density at radius 1 is 1.37 bits per heavy atom. The van der Waals surface area contributed by atoms with Crippen LogP contribution in [0.5, 0.6) is 0 Å². The Labute approximate surface area is 114 Å². The number of benzene rings is 1. The summed E-state index contributed by atoms with van der Waals surface area (Å²) in [5, 5.41) is 3.35. The second kappa shape index (κ2) is 4.85. The Kier molecular flexibility index (Phi) is 3.05. The molecular formula is C14H12N2O2S. The summed E-state index contributed by atoms with van der Waals surface area (Å²) in [7, 11) is 0. The number of rotatable bonds is 3. The van der Waals surface area contributed by atoms with Crippen LogP contribution in [0.3, 0.4) is 0 Å². The number of anilines is 1. The highest BCUT2D eigenvalue weighted by atomic mass is 32.1. The number of nitrogens with zero attached hydrogens (tertiary/aromatic N) is 1. The van der Waals surface area contributed by atoms with Crippen molar-refractivity contribution >= 4 is 32.6 Å². The van der Waals surface area contributed by atoms with Crippen LogP contribution < -0.4 is 5.32 Å². The van der Waals surface area contributed by atoms with Crippen molar-refractivity contribution in [2.75, 3.05) is 5.32 Å². The fourth-order valence-electron chi connectivity index (χ4n) is 1.91. The van der Waals surface area contributed by atoms with Gasteiger partial charge in [-0.15, -0.1) is 0 Å². The van der Waals surface area contributed by atoms with Crippen molar-refractivity contribution in [2.45, 2.75) is 13.3 Å². The smallest absolute Gasteiger partial charge is 0.293 e. The van der Waals surface area contributed by atoms with Gasteiger partial charge in [0.05, 0.1) is 16.5 Å². The monoisotopic (exact) mass is 272 g/mol. The molecular weight excluding hydrogens is 260 g/mol. The van der Waals surface area contributed by atoms with Gasteiger partial charge in [-0.2, -0.15) is 0 Å². The zero-order chi connectivity index (χ0) is 13.2. The van der Waals surface area contributed by atoms with Gasteiger partial charge in [0.2, 0.25) is 0 Å². The molecule has 0 unspecified atom stereocenters. The van der Waals surface area contributed by atoms with Crippen LogP contribution in [0, 0.1) is 0 Å². The average Bonchev–Trinajstić information content (AvgIpc) is 3.06. The normalized spacial score (nSPS) is 10.8. The van der Waals surface area contributed by atoms with E-state index in [9.17, 15) is 4.79 Å². The molecule has 0 saturated carbocycles. The van der Waals surface area contributed by atoms with Gasteiger partial charge in [0, 0.05) is 0 Å². The van der Waals surface area contributed by atoms with E-state index in [1.165, 1.54) is 23.2 Å². The van der Waals surface area contributed by atoms with Crippen LogP contribution in [0.25, 0.3) is 10.2 Å². The number of aromatic nitrogens is 1. The zero-order valence-corrected chi connectivity index (χ0v) is 11.2. The van der Waals surface area contributed by atoms with Crippen LogP contribution in [0.1, 0.15) is 23.0 Å². The number of carbonyl (C=O) groups excluding carboxylic acids is 1. The first-order chi connectivity index (χ1) is 9.28. The van der Waals surface area contributed by atoms with Crippen molar-refractivity contribution in [3.8, 4) is 0 Å². The lowest BCUT2D eigenvalue weighted by molar-refractivity contribution is 0.0996. The summed E-state index contributed by atoms with van der Waals surface area (Å²) in [6, 6.07) is 9.38. The molecule has 0 atom stereocenters. The van der Waals surface area contributed by atoms with E-state index < -0.39 is 0 Å². The van der Waals surface area contributed by atoms with Crippen molar-refractivity contribution in [2.24, 2.45) is 0 Å². The first-order valence-corrected chi connectivity index (χ1v) is 6.83. The highest BCUT2D eigenvalue weighted by Gasteiger charge is 2.12. The zero-order valence-electron chi connectivity index (χ0n) is 10.3. The third-order valence-corrected chi connectivity index (χ3v) is 3.78. The Morgan fingerprint density at radius 2 is 2.26 bits per heavy atom. The van der Waals surface area contributed by atoms with Crippen molar-refractivity contribution < 1.29 is 9.21 Å². The van der Waals surface area contributed by atoms with Gasteiger partial charge in [-0.3, -0.25) is 10.1 Å². The largest absolute Gasteiger partial charge is 0.459 e. The van der Waals surface area contributed by atoms with Gasteiger partial charge >= 0.3 is 0 Å². The van der Waals surface area contributed by atoms with Crippen LogP contribution in [-0.2, 0) is 6.42 Å². The van der Waals surface area contributed by atoms with Gasteiger partial charge in [0.1, 0.15) is 0 Å². The number of thiazole rings is 1. The summed E-state index contributed by atoms with van der Waals surface area (Å²) < 4.78 is 6.13. The summed E-state index contributed by atoms with van der Waals surface area (Å²) in [6.07, 6.45) is 2.40. The first-order valence-electron chi connectivity index (χ1n) is 6.01. The minimum absolute atomic E-state index is 0.276. The number of hydrogen-bond acceptors (Lipinski definition) is 4. The molecule has 0 aliphatic rings. The maximum atomic E-state index is 11.9. The molecule has 0 aliphatic carbocycles. The first kappa shape index (κ1) is 11.9. The number of furan rings is 1. The molecule has 2 heterocycles. The van der Waals surface area contributed by atoms with E-state index in [1.54, 1.807) is 12.1 Å². The summed E-state index contributed by atoms with van der Waals surface area (Å²) in [4.78, 5) is 16.3. The Hall–Kier alpha value is -2.14. The number of aryl methyl sites for hydroxylation is 1. The van der Waals surface area contributed by atoms with Gasteiger partial charge in [0.25, 0.3) is 5.91 Å². The molecule has 96 valence electrons. The molecule has 0 fully saturated rings. The fraction of sp³-hybridized carbons (Fsp3) is 0.143. The van der Waals surface area contributed by atoms with Crippen LogP contribution in [-0.4, -0.2) is 10.9 Å². The third kappa shape index (κ3) is 2.24. The van der Waals surface area contributed by atoms with E-state index in [-0.39, 0.29) is 11.7 Å². The molecule has 0 bridgehead atoms. The lowest BCUT2D eigenvalue weighted by Gasteiger charge is -1.97. The molecule has 1 aromatic carbocycles. The van der Waals surface area contributed by atoms with E-state index in [4.69, 9.17) is 4.42 Å². The number of fused-ring (bicyclic) bond motifs is 1. The molecule has 4 nitrogen and oxygen atoms in total. The minimum Gasteiger partial charge on any atom is -0.459 e. The highest BCUT2D eigenvalue weighted by molar-refractivity contribution is 7.22. The molecule has 3 aromatic rings. The maximum absolute atomic E-state index is 11.9. The predicted octanol–water partition coefficient (Wildman–Crippen LogP) is 3.70. The molecule has 0 saturated heterocycles. The Balaban J connectivity index is 1.92. The standard InChI is InChI=1S/C14H12N2O2S/c1-2-9-5-3-7-11-12(9)15-14(19-11)16-13(17)10-6-4-8-18-10/h3-8H,2H2,1H3,(H,15,16,17). The van der Waals surface area contributed by atoms with E-state index >= 15 is 0 Å². The number of para-hydroxylation sites is 1. The van der Waals surface area contributed by atoms with Crippen molar-refractivity contribution in [3.63, 3.8) is 0 Å². The molecule has 2 aromatic heterocycles. The molecule has 0 radical (unpaired) electrons.